The molecule has 1 N–H and O–H groups in total. The lowest BCUT2D eigenvalue weighted by Gasteiger charge is -1.99. The van der Waals surface area contributed by atoms with Crippen molar-refractivity contribution < 1.29 is 4.79 Å². The highest BCUT2D eigenvalue weighted by molar-refractivity contribution is 5.92. The summed E-state index contributed by atoms with van der Waals surface area (Å²) in [7, 11) is 0. The maximum Gasteiger partial charge on any atom is 0.157 e. The van der Waals surface area contributed by atoms with E-state index in [1.807, 2.05) is 0 Å². The predicted molar refractivity (Wildman–Crippen MR) is 43.8 cm³/mol. The summed E-state index contributed by atoms with van der Waals surface area (Å²) in [5, 5.41) is 3.08. The van der Waals surface area contributed by atoms with E-state index < -0.39 is 0 Å². The average Bonchev–Trinajstić information content (AvgIpc) is 2.37. The minimum atomic E-state index is 0.219. The second-order valence-electron chi connectivity index (χ2n) is 2.42. The van der Waals surface area contributed by atoms with E-state index in [2.05, 4.69) is 17.2 Å². The number of allylic oxidation sites excluding steroid dienone is 2. The molecule has 0 fully saturated rings. The van der Waals surface area contributed by atoms with Gasteiger partial charge in [-0.2, -0.15) is 0 Å². The molecule has 0 aromatic carbocycles. The van der Waals surface area contributed by atoms with Crippen molar-refractivity contribution in [3.63, 3.8) is 0 Å². The van der Waals surface area contributed by atoms with Crippen molar-refractivity contribution in [2.24, 2.45) is 0 Å². The van der Waals surface area contributed by atoms with Gasteiger partial charge in [-0.15, -0.1) is 5.92 Å². The molecule has 0 spiro atoms. The number of hydrogen-bond acceptors (Lipinski definition) is 2. The zero-order chi connectivity index (χ0) is 8.10. The first-order chi connectivity index (χ1) is 5.33. The number of ketones is 1. The van der Waals surface area contributed by atoms with Crippen molar-refractivity contribution >= 4 is 5.78 Å². The van der Waals surface area contributed by atoms with Crippen LogP contribution >= 0.6 is 0 Å². The van der Waals surface area contributed by atoms with Crippen molar-refractivity contribution in [1.29, 1.82) is 0 Å². The summed E-state index contributed by atoms with van der Waals surface area (Å²) in [5.41, 5.74) is 1.03. The molecule has 1 rings (SSSR count). The number of nitrogens with one attached hydrogen (secondary N) is 1. The van der Waals surface area contributed by atoms with Crippen LogP contribution in [0.5, 0.6) is 0 Å². The Labute approximate surface area is 66.7 Å². The Kier molecular flexibility index (Phi) is 2.74. The van der Waals surface area contributed by atoms with Gasteiger partial charge in [-0.1, -0.05) is 5.92 Å². The first-order valence-corrected chi connectivity index (χ1v) is 3.70. The van der Waals surface area contributed by atoms with E-state index in [0.29, 0.717) is 13.0 Å². The normalized spacial score (nSPS) is 15.4. The summed E-state index contributed by atoms with van der Waals surface area (Å²) >= 11 is 0. The third-order valence-electron chi connectivity index (χ3n) is 1.56. The lowest BCUT2D eigenvalue weighted by atomic mass is 10.3. The highest BCUT2D eigenvalue weighted by atomic mass is 16.1. The fourth-order valence-corrected chi connectivity index (χ4v) is 0.982. The molecular weight excluding hydrogens is 138 g/mol. The molecule has 0 unspecified atom stereocenters. The van der Waals surface area contributed by atoms with E-state index in [4.69, 9.17) is 0 Å². The molecule has 0 bridgehead atoms. The van der Waals surface area contributed by atoms with Crippen LogP contribution in [0, 0.1) is 11.8 Å². The van der Waals surface area contributed by atoms with Crippen molar-refractivity contribution in [3.05, 3.63) is 11.8 Å². The number of carbonyl (C=O) groups is 1. The quantitative estimate of drug-likeness (QED) is 0.590. The van der Waals surface area contributed by atoms with Crippen LogP contribution in [0.3, 0.4) is 0 Å². The summed E-state index contributed by atoms with van der Waals surface area (Å²) < 4.78 is 0. The zero-order valence-electron chi connectivity index (χ0n) is 6.61. The van der Waals surface area contributed by atoms with Gasteiger partial charge >= 0.3 is 0 Å². The third-order valence-corrected chi connectivity index (χ3v) is 1.56. The molecule has 1 aliphatic rings. The minimum absolute atomic E-state index is 0.219. The summed E-state index contributed by atoms with van der Waals surface area (Å²) in [5.74, 6) is 5.87. The Morgan fingerprint density at radius 2 is 2.45 bits per heavy atom. The molecule has 2 nitrogen and oxygen atoms in total. The summed E-state index contributed by atoms with van der Waals surface area (Å²) in [6.45, 7) is 2.45. The highest BCUT2D eigenvalue weighted by Crippen LogP contribution is 2.10. The first kappa shape index (κ1) is 7.87. The molecule has 0 aromatic rings. The smallest absolute Gasteiger partial charge is 0.157 e. The molecule has 0 aromatic heterocycles. The Morgan fingerprint density at radius 3 is 3.00 bits per heavy atom. The average molecular weight is 149 g/mol. The maximum absolute atomic E-state index is 10.7. The van der Waals surface area contributed by atoms with Crippen LogP contribution < -0.4 is 5.32 Å². The predicted octanol–water partition coefficient (Wildman–Crippen LogP) is 0.846. The Balaban J connectivity index is 2.31. The fraction of sp³-hybridized carbons (Fsp3) is 0.444. The van der Waals surface area contributed by atoms with Crippen LogP contribution in [0.25, 0.3) is 0 Å². The molecule has 0 heterocycles. The van der Waals surface area contributed by atoms with Gasteiger partial charge in [0.2, 0.25) is 0 Å². The standard InChI is InChI=1S/C9H11NO/c1-2-3-6-10-8-4-5-9(11)7-8/h7,10H,4-6H2,1H3. The van der Waals surface area contributed by atoms with Gasteiger partial charge < -0.3 is 5.32 Å². The van der Waals surface area contributed by atoms with E-state index >= 15 is 0 Å². The third kappa shape index (κ3) is 2.46. The van der Waals surface area contributed by atoms with Crippen LogP contribution in [-0.2, 0) is 4.79 Å². The molecule has 58 valence electrons. The van der Waals surface area contributed by atoms with Gasteiger partial charge in [-0.05, 0) is 13.3 Å². The molecule has 0 radical (unpaired) electrons. The molecule has 11 heavy (non-hydrogen) atoms. The number of carbonyl (C=O) groups excluding carboxylic acids is 1. The van der Waals surface area contributed by atoms with Gasteiger partial charge in [0, 0.05) is 18.2 Å². The number of hydrogen-bond donors (Lipinski definition) is 1. The largest absolute Gasteiger partial charge is 0.377 e. The van der Waals surface area contributed by atoms with Crippen LogP contribution in [0.4, 0.5) is 0 Å². The van der Waals surface area contributed by atoms with Crippen LogP contribution in [0.2, 0.25) is 0 Å². The Bertz CT molecular complexity index is 242. The van der Waals surface area contributed by atoms with E-state index in [0.717, 1.165) is 12.1 Å². The molecule has 2 heteroatoms. The lowest BCUT2D eigenvalue weighted by Crippen LogP contribution is -2.11. The SMILES string of the molecule is CC#CCNC1=CC(=O)CC1. The van der Waals surface area contributed by atoms with E-state index in [1.54, 1.807) is 13.0 Å². The second kappa shape index (κ2) is 3.82. The van der Waals surface area contributed by atoms with Crippen molar-refractivity contribution in [2.75, 3.05) is 6.54 Å². The first-order valence-electron chi connectivity index (χ1n) is 3.70. The van der Waals surface area contributed by atoms with Crippen LogP contribution in [0.1, 0.15) is 19.8 Å². The van der Waals surface area contributed by atoms with Gasteiger partial charge in [0.1, 0.15) is 0 Å². The molecule has 0 saturated heterocycles. The van der Waals surface area contributed by atoms with Gasteiger partial charge in [0.15, 0.2) is 5.78 Å². The second-order valence-corrected chi connectivity index (χ2v) is 2.42. The van der Waals surface area contributed by atoms with Crippen molar-refractivity contribution in [1.82, 2.24) is 5.32 Å². The van der Waals surface area contributed by atoms with E-state index in [1.165, 1.54) is 0 Å². The van der Waals surface area contributed by atoms with Crippen molar-refractivity contribution in [2.45, 2.75) is 19.8 Å². The molecule has 0 saturated carbocycles. The summed E-state index contributed by atoms with van der Waals surface area (Å²) in [6.07, 6.45) is 3.17. The van der Waals surface area contributed by atoms with E-state index in [-0.39, 0.29) is 5.78 Å². The fourth-order valence-electron chi connectivity index (χ4n) is 0.982. The van der Waals surface area contributed by atoms with Gasteiger partial charge in [0.25, 0.3) is 0 Å². The Hall–Kier alpha value is -1.23. The minimum Gasteiger partial charge on any atom is -0.377 e. The highest BCUT2D eigenvalue weighted by Gasteiger charge is 2.09. The topological polar surface area (TPSA) is 29.1 Å². The summed E-state index contributed by atoms with van der Waals surface area (Å²) in [6, 6.07) is 0. The molecule has 0 amide bonds. The molecule has 0 aliphatic heterocycles. The van der Waals surface area contributed by atoms with Crippen LogP contribution in [-0.4, -0.2) is 12.3 Å². The maximum atomic E-state index is 10.7. The monoisotopic (exact) mass is 149 g/mol. The summed E-state index contributed by atoms with van der Waals surface area (Å²) in [4.78, 5) is 10.7. The molecule has 1 aliphatic carbocycles. The van der Waals surface area contributed by atoms with Gasteiger partial charge in [0.05, 0.1) is 6.54 Å². The van der Waals surface area contributed by atoms with E-state index in [9.17, 15) is 4.79 Å². The molecular formula is C9H11NO. The zero-order valence-corrected chi connectivity index (χ0v) is 6.61. The molecule has 0 atom stereocenters. The Morgan fingerprint density at radius 1 is 1.64 bits per heavy atom. The van der Waals surface area contributed by atoms with Crippen LogP contribution in [0.15, 0.2) is 11.8 Å². The van der Waals surface area contributed by atoms with Gasteiger partial charge in [-0.25, -0.2) is 0 Å². The van der Waals surface area contributed by atoms with Crippen molar-refractivity contribution in [3.8, 4) is 11.8 Å². The lowest BCUT2D eigenvalue weighted by molar-refractivity contribution is -0.114. The van der Waals surface area contributed by atoms with Gasteiger partial charge in [-0.3, -0.25) is 4.79 Å². The number of rotatable bonds is 2.